The number of aromatic nitrogens is 2. The average Bonchev–Trinajstić information content (AvgIpc) is 2.90. The van der Waals surface area contributed by atoms with Gasteiger partial charge in [0.15, 0.2) is 0 Å². The van der Waals surface area contributed by atoms with Crippen molar-refractivity contribution in [3.63, 3.8) is 0 Å². The Bertz CT molecular complexity index is 419. The molecule has 2 aromatic heterocycles. The fraction of sp³-hybridized carbons (Fsp3) is 0.417. The minimum atomic E-state index is 0.454. The molecule has 0 radical (unpaired) electrons. The van der Waals surface area contributed by atoms with Crippen LogP contribution >= 0.6 is 11.3 Å². The molecule has 2 aromatic rings. The van der Waals surface area contributed by atoms with E-state index < -0.39 is 0 Å². The second-order valence-corrected chi connectivity index (χ2v) is 4.76. The van der Waals surface area contributed by atoms with Crippen molar-refractivity contribution in [2.75, 3.05) is 7.05 Å². The maximum atomic E-state index is 4.36. The van der Waals surface area contributed by atoms with Gasteiger partial charge >= 0.3 is 0 Å². The van der Waals surface area contributed by atoms with Crippen LogP contribution in [0.1, 0.15) is 11.4 Å². The van der Waals surface area contributed by atoms with Crippen molar-refractivity contribution in [2.24, 2.45) is 7.05 Å². The number of thiophene rings is 1. The zero-order valence-electron chi connectivity index (χ0n) is 9.68. The summed E-state index contributed by atoms with van der Waals surface area (Å²) in [6.07, 6.45) is 5.88. The lowest BCUT2D eigenvalue weighted by Crippen LogP contribution is -2.30. The summed E-state index contributed by atoms with van der Waals surface area (Å²) in [7, 11) is 4.06. The van der Waals surface area contributed by atoms with E-state index in [0.29, 0.717) is 6.04 Å². The highest BCUT2D eigenvalue weighted by atomic mass is 32.1. The van der Waals surface area contributed by atoms with Gasteiger partial charge in [-0.2, -0.15) is 11.3 Å². The number of likely N-dealkylation sites (N-methyl/N-ethyl adjacent to an activating group) is 1. The summed E-state index contributed by atoms with van der Waals surface area (Å²) in [5.74, 6) is 1.13. The Morgan fingerprint density at radius 1 is 1.50 bits per heavy atom. The molecule has 0 aromatic carbocycles. The van der Waals surface area contributed by atoms with Gasteiger partial charge in [-0.3, -0.25) is 0 Å². The summed E-state index contributed by atoms with van der Waals surface area (Å²) in [5.41, 5.74) is 1.40. The lowest BCUT2D eigenvalue weighted by atomic mass is 10.1. The van der Waals surface area contributed by atoms with E-state index in [1.54, 1.807) is 11.3 Å². The van der Waals surface area contributed by atoms with Crippen molar-refractivity contribution < 1.29 is 0 Å². The Kier molecular flexibility index (Phi) is 3.74. The molecule has 0 amide bonds. The Labute approximate surface area is 100 Å². The molecule has 1 unspecified atom stereocenters. The summed E-state index contributed by atoms with van der Waals surface area (Å²) in [4.78, 5) is 4.36. The molecule has 0 aliphatic carbocycles. The number of aryl methyl sites for hydroxylation is 1. The first-order chi connectivity index (χ1) is 7.79. The minimum Gasteiger partial charge on any atom is -0.338 e. The molecule has 4 heteroatoms. The molecule has 86 valence electrons. The van der Waals surface area contributed by atoms with Gasteiger partial charge in [0.25, 0.3) is 0 Å². The van der Waals surface area contributed by atoms with Gasteiger partial charge < -0.3 is 9.88 Å². The minimum absolute atomic E-state index is 0.454. The highest BCUT2D eigenvalue weighted by molar-refractivity contribution is 7.07. The van der Waals surface area contributed by atoms with E-state index in [9.17, 15) is 0 Å². The van der Waals surface area contributed by atoms with Gasteiger partial charge in [-0.25, -0.2) is 4.98 Å². The molecule has 0 saturated heterocycles. The van der Waals surface area contributed by atoms with Crippen LogP contribution in [0.3, 0.4) is 0 Å². The Balaban J connectivity index is 1.98. The molecule has 0 aliphatic heterocycles. The molecule has 0 aliphatic rings. The molecule has 2 heterocycles. The molecule has 2 rings (SSSR count). The van der Waals surface area contributed by atoms with Crippen LogP contribution in [0.4, 0.5) is 0 Å². The zero-order valence-corrected chi connectivity index (χ0v) is 10.5. The third-order valence-corrected chi connectivity index (χ3v) is 3.55. The summed E-state index contributed by atoms with van der Waals surface area (Å²) in [6.45, 7) is 0. The fourth-order valence-corrected chi connectivity index (χ4v) is 2.46. The van der Waals surface area contributed by atoms with Crippen LogP contribution in [0.5, 0.6) is 0 Å². The lowest BCUT2D eigenvalue weighted by Gasteiger charge is -2.15. The van der Waals surface area contributed by atoms with Crippen molar-refractivity contribution in [1.82, 2.24) is 14.9 Å². The molecule has 0 saturated carbocycles. The van der Waals surface area contributed by atoms with E-state index >= 15 is 0 Å². The maximum Gasteiger partial charge on any atom is 0.109 e. The number of hydrogen-bond donors (Lipinski definition) is 1. The van der Waals surface area contributed by atoms with Crippen molar-refractivity contribution in [2.45, 2.75) is 18.9 Å². The third kappa shape index (κ3) is 2.71. The molecule has 1 atom stereocenters. The normalized spacial score (nSPS) is 12.9. The van der Waals surface area contributed by atoms with Crippen LogP contribution in [0.15, 0.2) is 29.2 Å². The van der Waals surface area contributed by atoms with Crippen LogP contribution in [-0.2, 0) is 19.9 Å². The molecular weight excluding hydrogens is 218 g/mol. The van der Waals surface area contributed by atoms with E-state index in [4.69, 9.17) is 0 Å². The highest BCUT2D eigenvalue weighted by Gasteiger charge is 2.11. The van der Waals surface area contributed by atoms with Gasteiger partial charge in [-0.1, -0.05) is 0 Å². The van der Waals surface area contributed by atoms with Gasteiger partial charge in [0, 0.05) is 31.9 Å². The Morgan fingerprint density at radius 2 is 2.38 bits per heavy atom. The molecule has 0 bridgehead atoms. The van der Waals surface area contributed by atoms with E-state index in [1.807, 2.05) is 26.5 Å². The van der Waals surface area contributed by atoms with Crippen molar-refractivity contribution >= 4 is 11.3 Å². The maximum absolute atomic E-state index is 4.36. The number of nitrogens with one attached hydrogen (secondary N) is 1. The van der Waals surface area contributed by atoms with Crippen LogP contribution in [-0.4, -0.2) is 22.6 Å². The molecule has 0 fully saturated rings. The van der Waals surface area contributed by atoms with Gasteiger partial charge in [0.2, 0.25) is 0 Å². The molecule has 0 spiro atoms. The SMILES string of the molecule is CNC(Cc1ccsc1)Cc1nccn1C. The highest BCUT2D eigenvalue weighted by Crippen LogP contribution is 2.11. The largest absolute Gasteiger partial charge is 0.338 e. The molecule has 1 N–H and O–H groups in total. The number of hydrogen-bond acceptors (Lipinski definition) is 3. The quantitative estimate of drug-likeness (QED) is 0.857. The summed E-state index contributed by atoms with van der Waals surface area (Å²) < 4.78 is 2.08. The smallest absolute Gasteiger partial charge is 0.109 e. The number of imidazole rings is 1. The predicted molar refractivity (Wildman–Crippen MR) is 67.8 cm³/mol. The van der Waals surface area contributed by atoms with Crippen molar-refractivity contribution in [1.29, 1.82) is 0 Å². The van der Waals surface area contributed by atoms with Crippen LogP contribution in [0.2, 0.25) is 0 Å². The number of rotatable bonds is 5. The first-order valence-corrected chi connectivity index (χ1v) is 6.38. The van der Waals surface area contributed by atoms with Gasteiger partial charge in [-0.05, 0) is 35.9 Å². The summed E-state index contributed by atoms with van der Waals surface area (Å²) in [6, 6.07) is 2.64. The molecular formula is C12H17N3S. The standard InChI is InChI=1S/C12H17N3S/c1-13-11(7-10-3-6-16-9-10)8-12-14-4-5-15(12)2/h3-6,9,11,13H,7-8H2,1-2H3. The van der Waals surface area contributed by atoms with E-state index in [2.05, 4.69) is 31.7 Å². The van der Waals surface area contributed by atoms with Crippen LogP contribution in [0, 0.1) is 0 Å². The third-order valence-electron chi connectivity index (χ3n) is 2.82. The summed E-state index contributed by atoms with van der Waals surface area (Å²) >= 11 is 1.75. The second kappa shape index (κ2) is 5.27. The van der Waals surface area contributed by atoms with E-state index in [0.717, 1.165) is 18.7 Å². The number of nitrogens with zero attached hydrogens (tertiary/aromatic N) is 2. The van der Waals surface area contributed by atoms with Gasteiger partial charge in [-0.15, -0.1) is 0 Å². The van der Waals surface area contributed by atoms with E-state index in [1.165, 1.54) is 5.56 Å². The van der Waals surface area contributed by atoms with Crippen LogP contribution in [0.25, 0.3) is 0 Å². The van der Waals surface area contributed by atoms with Gasteiger partial charge in [0.05, 0.1) is 0 Å². The van der Waals surface area contributed by atoms with Crippen molar-refractivity contribution in [3.8, 4) is 0 Å². The predicted octanol–water partition coefficient (Wildman–Crippen LogP) is 1.85. The fourth-order valence-electron chi connectivity index (χ4n) is 1.78. The topological polar surface area (TPSA) is 29.9 Å². The van der Waals surface area contributed by atoms with E-state index in [-0.39, 0.29) is 0 Å². The van der Waals surface area contributed by atoms with Crippen molar-refractivity contribution in [3.05, 3.63) is 40.6 Å². The van der Waals surface area contributed by atoms with Gasteiger partial charge in [0.1, 0.15) is 5.82 Å². The monoisotopic (exact) mass is 235 g/mol. The Hall–Kier alpha value is -1.13. The lowest BCUT2D eigenvalue weighted by molar-refractivity contribution is 0.535. The first-order valence-electron chi connectivity index (χ1n) is 5.44. The average molecular weight is 235 g/mol. The van der Waals surface area contributed by atoms with Crippen LogP contribution < -0.4 is 5.32 Å². The Morgan fingerprint density at radius 3 is 2.94 bits per heavy atom. The zero-order chi connectivity index (χ0) is 11.4. The summed E-state index contributed by atoms with van der Waals surface area (Å²) in [5, 5.41) is 7.70. The second-order valence-electron chi connectivity index (χ2n) is 3.98. The first kappa shape index (κ1) is 11.4. The molecule has 3 nitrogen and oxygen atoms in total. The molecule has 16 heavy (non-hydrogen) atoms.